The topological polar surface area (TPSA) is 66.9 Å². The van der Waals surface area contributed by atoms with Gasteiger partial charge in [-0.05, 0) is 19.1 Å². The molecule has 0 atom stereocenters. The van der Waals surface area contributed by atoms with Gasteiger partial charge in [0.2, 0.25) is 0 Å². The summed E-state index contributed by atoms with van der Waals surface area (Å²) in [5.41, 5.74) is 0.544. The number of pyridine rings is 1. The molecule has 0 aromatic carbocycles. The van der Waals surface area contributed by atoms with E-state index in [9.17, 15) is 4.79 Å². The lowest BCUT2D eigenvalue weighted by atomic mass is 10.2. The number of carbonyl (C=O) groups excluding carboxylic acids is 1. The Balaban J connectivity index is 1.94. The van der Waals surface area contributed by atoms with E-state index in [2.05, 4.69) is 20.6 Å². The van der Waals surface area contributed by atoms with Crippen LogP contribution in [-0.4, -0.2) is 22.9 Å². The first-order chi connectivity index (χ1) is 8.69. The van der Waals surface area contributed by atoms with E-state index >= 15 is 0 Å². The largest absolute Gasteiger partial charge is 0.373 e. The highest BCUT2D eigenvalue weighted by atomic mass is 32.1. The van der Waals surface area contributed by atoms with Gasteiger partial charge in [-0.15, -0.1) is 11.3 Å². The van der Waals surface area contributed by atoms with E-state index in [0.717, 1.165) is 15.7 Å². The SMILES string of the molecule is CNc1ccc(C(=O)NCc2ncc(C)s2)cn1. The van der Waals surface area contributed by atoms with Crippen LogP contribution in [0.5, 0.6) is 0 Å². The van der Waals surface area contributed by atoms with Crippen molar-refractivity contribution >= 4 is 23.1 Å². The minimum absolute atomic E-state index is 0.141. The summed E-state index contributed by atoms with van der Waals surface area (Å²) in [7, 11) is 1.78. The van der Waals surface area contributed by atoms with Gasteiger partial charge in [0.25, 0.3) is 5.91 Å². The summed E-state index contributed by atoms with van der Waals surface area (Å²) in [5.74, 6) is 0.597. The fourth-order valence-corrected chi connectivity index (χ4v) is 2.14. The molecule has 2 heterocycles. The Bertz CT molecular complexity index is 535. The molecular weight excluding hydrogens is 248 g/mol. The monoisotopic (exact) mass is 262 g/mol. The quantitative estimate of drug-likeness (QED) is 0.882. The highest BCUT2D eigenvalue weighted by molar-refractivity contribution is 7.11. The number of hydrogen-bond acceptors (Lipinski definition) is 5. The first kappa shape index (κ1) is 12.5. The fourth-order valence-electron chi connectivity index (χ4n) is 1.42. The lowest BCUT2D eigenvalue weighted by molar-refractivity contribution is 0.0950. The lowest BCUT2D eigenvalue weighted by Crippen LogP contribution is -2.22. The molecular formula is C12H14N4OS. The molecule has 0 fully saturated rings. The number of amides is 1. The Morgan fingerprint density at radius 3 is 2.72 bits per heavy atom. The zero-order valence-corrected chi connectivity index (χ0v) is 11.0. The molecule has 0 spiro atoms. The zero-order valence-electron chi connectivity index (χ0n) is 10.2. The molecule has 0 bridgehead atoms. The molecule has 0 aliphatic carbocycles. The Hall–Kier alpha value is -1.95. The van der Waals surface area contributed by atoms with Gasteiger partial charge in [-0.3, -0.25) is 4.79 Å². The average molecular weight is 262 g/mol. The van der Waals surface area contributed by atoms with Crippen LogP contribution in [-0.2, 0) is 6.54 Å². The van der Waals surface area contributed by atoms with Crippen molar-refractivity contribution in [2.75, 3.05) is 12.4 Å². The highest BCUT2D eigenvalue weighted by Crippen LogP contribution is 2.11. The Kier molecular flexibility index (Phi) is 3.88. The summed E-state index contributed by atoms with van der Waals surface area (Å²) in [4.78, 5) is 21.2. The van der Waals surface area contributed by atoms with Crippen LogP contribution in [0.2, 0.25) is 0 Å². The second kappa shape index (κ2) is 5.59. The smallest absolute Gasteiger partial charge is 0.253 e. The number of aryl methyl sites for hydroxylation is 1. The number of nitrogens with zero attached hydrogens (tertiary/aromatic N) is 2. The molecule has 2 rings (SSSR count). The number of anilines is 1. The second-order valence-electron chi connectivity index (χ2n) is 3.73. The number of nitrogens with one attached hydrogen (secondary N) is 2. The molecule has 0 radical (unpaired) electrons. The summed E-state index contributed by atoms with van der Waals surface area (Å²) in [5, 5.41) is 6.62. The van der Waals surface area contributed by atoms with Gasteiger partial charge in [-0.1, -0.05) is 0 Å². The first-order valence-electron chi connectivity index (χ1n) is 5.52. The van der Waals surface area contributed by atoms with Crippen molar-refractivity contribution in [3.8, 4) is 0 Å². The third kappa shape index (κ3) is 3.04. The minimum Gasteiger partial charge on any atom is -0.373 e. The van der Waals surface area contributed by atoms with Crippen molar-refractivity contribution in [1.82, 2.24) is 15.3 Å². The van der Waals surface area contributed by atoms with Crippen LogP contribution < -0.4 is 10.6 Å². The number of rotatable bonds is 4. The van der Waals surface area contributed by atoms with Crippen LogP contribution in [0.25, 0.3) is 0 Å². The summed E-state index contributed by atoms with van der Waals surface area (Å²) in [6.07, 6.45) is 3.35. The van der Waals surface area contributed by atoms with Gasteiger partial charge in [0, 0.05) is 24.3 Å². The predicted octanol–water partition coefficient (Wildman–Crippen LogP) is 1.82. The minimum atomic E-state index is -0.141. The maximum Gasteiger partial charge on any atom is 0.253 e. The number of thiazole rings is 1. The van der Waals surface area contributed by atoms with Gasteiger partial charge in [-0.25, -0.2) is 9.97 Å². The van der Waals surface area contributed by atoms with E-state index in [1.807, 2.05) is 6.92 Å². The van der Waals surface area contributed by atoms with Gasteiger partial charge < -0.3 is 10.6 Å². The maximum absolute atomic E-state index is 11.8. The molecule has 1 amide bonds. The van der Waals surface area contributed by atoms with Crippen molar-refractivity contribution in [3.63, 3.8) is 0 Å². The molecule has 6 heteroatoms. The molecule has 5 nitrogen and oxygen atoms in total. The predicted molar refractivity (Wildman–Crippen MR) is 71.8 cm³/mol. The first-order valence-corrected chi connectivity index (χ1v) is 6.34. The summed E-state index contributed by atoms with van der Waals surface area (Å²) in [6.45, 7) is 2.44. The van der Waals surface area contributed by atoms with Gasteiger partial charge >= 0.3 is 0 Å². The molecule has 2 aromatic heterocycles. The van der Waals surface area contributed by atoms with Crippen molar-refractivity contribution in [3.05, 3.63) is 40.0 Å². The lowest BCUT2D eigenvalue weighted by Gasteiger charge is -2.04. The molecule has 2 N–H and O–H groups in total. The average Bonchev–Trinajstić information content (AvgIpc) is 2.82. The van der Waals surface area contributed by atoms with E-state index < -0.39 is 0 Å². The Labute approximate surface area is 109 Å². The summed E-state index contributed by atoms with van der Waals surface area (Å²) >= 11 is 1.58. The van der Waals surface area contributed by atoms with Crippen LogP contribution in [0.15, 0.2) is 24.5 Å². The molecule has 0 saturated carbocycles. The fraction of sp³-hybridized carbons (Fsp3) is 0.250. The molecule has 2 aromatic rings. The molecule has 0 aliphatic rings. The Morgan fingerprint density at radius 1 is 1.33 bits per heavy atom. The normalized spacial score (nSPS) is 10.1. The second-order valence-corrected chi connectivity index (χ2v) is 5.05. The molecule has 94 valence electrons. The maximum atomic E-state index is 11.8. The van der Waals surface area contributed by atoms with Crippen molar-refractivity contribution < 1.29 is 4.79 Å². The standard InChI is InChI=1S/C12H14N4OS/c1-8-5-15-11(18-8)7-16-12(17)9-3-4-10(13-2)14-6-9/h3-6H,7H2,1-2H3,(H,13,14)(H,16,17). The van der Waals surface area contributed by atoms with Crippen LogP contribution >= 0.6 is 11.3 Å². The van der Waals surface area contributed by atoms with Crippen LogP contribution in [0.1, 0.15) is 20.2 Å². The van der Waals surface area contributed by atoms with Crippen molar-refractivity contribution in [2.45, 2.75) is 13.5 Å². The van der Waals surface area contributed by atoms with Gasteiger partial charge in [0.15, 0.2) is 0 Å². The van der Waals surface area contributed by atoms with Gasteiger partial charge in [-0.2, -0.15) is 0 Å². The molecule has 0 unspecified atom stereocenters. The number of aromatic nitrogens is 2. The van der Waals surface area contributed by atoms with E-state index in [0.29, 0.717) is 12.1 Å². The van der Waals surface area contributed by atoms with Crippen LogP contribution in [0.3, 0.4) is 0 Å². The molecule has 18 heavy (non-hydrogen) atoms. The Morgan fingerprint density at radius 2 is 2.17 bits per heavy atom. The van der Waals surface area contributed by atoms with E-state index in [1.165, 1.54) is 0 Å². The third-order valence-electron chi connectivity index (χ3n) is 2.35. The third-order valence-corrected chi connectivity index (χ3v) is 3.26. The van der Waals surface area contributed by atoms with Crippen molar-refractivity contribution in [1.29, 1.82) is 0 Å². The number of carbonyl (C=O) groups is 1. The van der Waals surface area contributed by atoms with Crippen molar-refractivity contribution in [2.24, 2.45) is 0 Å². The molecule has 0 saturated heterocycles. The molecule has 0 aliphatic heterocycles. The van der Waals surface area contributed by atoms with E-state index in [1.54, 1.807) is 42.9 Å². The zero-order chi connectivity index (χ0) is 13.0. The summed E-state index contributed by atoms with van der Waals surface area (Å²) < 4.78 is 0. The highest BCUT2D eigenvalue weighted by Gasteiger charge is 2.07. The van der Waals surface area contributed by atoms with E-state index in [4.69, 9.17) is 0 Å². The van der Waals surface area contributed by atoms with Gasteiger partial charge in [0.05, 0.1) is 12.1 Å². The summed E-state index contributed by atoms with van der Waals surface area (Å²) in [6, 6.07) is 3.50. The van der Waals surface area contributed by atoms with Crippen LogP contribution in [0.4, 0.5) is 5.82 Å². The van der Waals surface area contributed by atoms with Crippen LogP contribution in [0, 0.1) is 6.92 Å². The van der Waals surface area contributed by atoms with E-state index in [-0.39, 0.29) is 5.91 Å². The number of hydrogen-bond donors (Lipinski definition) is 2. The van der Waals surface area contributed by atoms with Gasteiger partial charge in [0.1, 0.15) is 10.8 Å².